The minimum absolute atomic E-state index is 0.136. The summed E-state index contributed by atoms with van der Waals surface area (Å²) in [4.78, 5) is 11.0. The summed E-state index contributed by atoms with van der Waals surface area (Å²) in [6.07, 6.45) is 4.01. The molecule has 1 fully saturated rings. The monoisotopic (exact) mass is 288 g/mol. The molecule has 1 aliphatic rings. The third-order valence-corrected chi connectivity index (χ3v) is 3.50. The Hall–Kier alpha value is -2.21. The molecule has 0 bridgehead atoms. The van der Waals surface area contributed by atoms with Crippen LogP contribution in [0.15, 0.2) is 28.7 Å². The molecule has 0 radical (unpaired) electrons. The number of nitrogens with zero attached hydrogens (tertiary/aromatic N) is 2. The second kappa shape index (κ2) is 6.05. The second-order valence-corrected chi connectivity index (χ2v) is 5.08. The van der Waals surface area contributed by atoms with Crippen LogP contribution in [-0.4, -0.2) is 34.0 Å². The highest BCUT2D eigenvalue weighted by Gasteiger charge is 2.18. The number of carboxylic acid groups (broad SMARTS) is 1. The van der Waals surface area contributed by atoms with Crippen molar-refractivity contribution in [1.82, 2.24) is 10.2 Å². The lowest BCUT2D eigenvalue weighted by molar-refractivity contribution is 0.0132. The fraction of sp³-hybridized carbons (Fsp3) is 0.400. The number of carboxylic acids is 1. The molecule has 6 nitrogen and oxygen atoms in total. The van der Waals surface area contributed by atoms with E-state index in [4.69, 9.17) is 14.3 Å². The topological polar surface area (TPSA) is 85.5 Å². The molecule has 0 saturated carbocycles. The van der Waals surface area contributed by atoms with Crippen LogP contribution in [0.2, 0.25) is 0 Å². The van der Waals surface area contributed by atoms with Gasteiger partial charge in [0.05, 0.1) is 18.1 Å². The Morgan fingerprint density at radius 2 is 2.24 bits per heavy atom. The molecular formula is C15H16N2O4. The lowest BCUT2D eigenvalue weighted by Gasteiger charge is -2.20. The molecule has 2 aromatic rings. The van der Waals surface area contributed by atoms with Crippen LogP contribution in [-0.2, 0) is 11.2 Å². The van der Waals surface area contributed by atoms with Crippen LogP contribution in [0.1, 0.15) is 35.5 Å². The average Bonchev–Trinajstić information content (AvgIpc) is 2.97. The quantitative estimate of drug-likeness (QED) is 0.930. The van der Waals surface area contributed by atoms with Crippen LogP contribution in [0.5, 0.6) is 0 Å². The molecule has 6 heteroatoms. The van der Waals surface area contributed by atoms with Gasteiger partial charge in [0.2, 0.25) is 11.8 Å². The summed E-state index contributed by atoms with van der Waals surface area (Å²) in [6.45, 7) is 0.784. The van der Waals surface area contributed by atoms with E-state index in [1.165, 1.54) is 12.1 Å². The molecule has 1 aliphatic heterocycles. The van der Waals surface area contributed by atoms with Gasteiger partial charge in [-0.05, 0) is 37.5 Å². The first kappa shape index (κ1) is 13.8. The normalized spacial score (nSPS) is 18.6. The van der Waals surface area contributed by atoms with Gasteiger partial charge in [-0.2, -0.15) is 0 Å². The molecule has 110 valence electrons. The van der Waals surface area contributed by atoms with Gasteiger partial charge in [0.15, 0.2) is 0 Å². The van der Waals surface area contributed by atoms with Crippen molar-refractivity contribution in [2.24, 2.45) is 0 Å². The molecule has 0 aliphatic carbocycles. The smallest absolute Gasteiger partial charge is 0.335 e. The highest BCUT2D eigenvalue weighted by molar-refractivity contribution is 5.88. The van der Waals surface area contributed by atoms with Crippen LogP contribution in [0.25, 0.3) is 11.5 Å². The van der Waals surface area contributed by atoms with Crippen molar-refractivity contribution in [3.05, 3.63) is 35.7 Å². The molecule has 21 heavy (non-hydrogen) atoms. The van der Waals surface area contributed by atoms with Gasteiger partial charge < -0.3 is 14.3 Å². The van der Waals surface area contributed by atoms with E-state index in [-0.39, 0.29) is 11.7 Å². The standard InChI is InChI=1S/C15H16N2O4/c18-15(19)11-5-3-4-10(8-11)14-17-16-13(21-14)9-12-6-1-2-7-20-12/h3-5,8,12H,1-2,6-7,9H2,(H,18,19). The Bertz CT molecular complexity index is 632. The van der Waals surface area contributed by atoms with Crippen LogP contribution in [0.3, 0.4) is 0 Å². The molecule has 1 aromatic carbocycles. The Morgan fingerprint density at radius 1 is 1.33 bits per heavy atom. The number of rotatable bonds is 4. The summed E-state index contributed by atoms with van der Waals surface area (Å²) >= 11 is 0. The van der Waals surface area contributed by atoms with E-state index in [1.54, 1.807) is 12.1 Å². The van der Waals surface area contributed by atoms with Gasteiger partial charge >= 0.3 is 5.97 Å². The van der Waals surface area contributed by atoms with Gasteiger partial charge in [-0.3, -0.25) is 0 Å². The van der Waals surface area contributed by atoms with Crippen LogP contribution in [0.4, 0.5) is 0 Å². The summed E-state index contributed by atoms with van der Waals surface area (Å²) in [5.41, 5.74) is 0.807. The molecule has 0 amide bonds. The van der Waals surface area contributed by atoms with Crippen molar-refractivity contribution in [3.63, 3.8) is 0 Å². The Morgan fingerprint density at radius 3 is 3.00 bits per heavy atom. The summed E-state index contributed by atoms with van der Waals surface area (Å²) in [5, 5.41) is 17.0. The summed E-state index contributed by atoms with van der Waals surface area (Å²) in [5.74, 6) is -0.117. The van der Waals surface area contributed by atoms with E-state index >= 15 is 0 Å². The van der Waals surface area contributed by atoms with E-state index in [9.17, 15) is 4.79 Å². The number of aromatic carboxylic acids is 1. The summed E-state index contributed by atoms with van der Waals surface area (Å²) < 4.78 is 11.3. The second-order valence-electron chi connectivity index (χ2n) is 5.08. The van der Waals surface area contributed by atoms with Gasteiger partial charge in [0.25, 0.3) is 0 Å². The zero-order chi connectivity index (χ0) is 14.7. The van der Waals surface area contributed by atoms with E-state index < -0.39 is 5.97 Å². The Labute approximate surface area is 121 Å². The number of ether oxygens (including phenoxy) is 1. The summed E-state index contributed by atoms with van der Waals surface area (Å²) in [7, 11) is 0. The predicted octanol–water partition coefficient (Wildman–Crippen LogP) is 2.55. The highest BCUT2D eigenvalue weighted by Crippen LogP contribution is 2.22. The zero-order valence-electron chi connectivity index (χ0n) is 11.5. The van der Waals surface area contributed by atoms with Gasteiger partial charge in [0.1, 0.15) is 0 Å². The van der Waals surface area contributed by atoms with Crippen LogP contribution < -0.4 is 0 Å². The van der Waals surface area contributed by atoms with Crippen molar-refractivity contribution in [1.29, 1.82) is 0 Å². The predicted molar refractivity (Wildman–Crippen MR) is 74.0 cm³/mol. The van der Waals surface area contributed by atoms with Crippen molar-refractivity contribution in [3.8, 4) is 11.5 Å². The molecule has 1 atom stereocenters. The van der Waals surface area contributed by atoms with E-state index in [0.717, 1.165) is 25.9 Å². The molecule has 1 N–H and O–H groups in total. The molecule has 1 saturated heterocycles. The number of carbonyl (C=O) groups is 1. The van der Waals surface area contributed by atoms with E-state index in [0.29, 0.717) is 23.8 Å². The summed E-state index contributed by atoms with van der Waals surface area (Å²) in [6, 6.07) is 6.46. The largest absolute Gasteiger partial charge is 0.478 e. The number of hydrogen-bond acceptors (Lipinski definition) is 5. The molecule has 2 heterocycles. The van der Waals surface area contributed by atoms with Crippen LogP contribution >= 0.6 is 0 Å². The molecule has 1 unspecified atom stereocenters. The Kier molecular flexibility index (Phi) is 3.96. The van der Waals surface area contributed by atoms with Gasteiger partial charge in [0, 0.05) is 12.2 Å². The first-order chi connectivity index (χ1) is 10.2. The third kappa shape index (κ3) is 3.28. The average molecular weight is 288 g/mol. The molecular weight excluding hydrogens is 272 g/mol. The molecule has 3 rings (SSSR count). The lowest BCUT2D eigenvalue weighted by atomic mass is 10.1. The zero-order valence-corrected chi connectivity index (χ0v) is 11.5. The van der Waals surface area contributed by atoms with Gasteiger partial charge in [-0.15, -0.1) is 10.2 Å². The number of aromatic nitrogens is 2. The van der Waals surface area contributed by atoms with Gasteiger partial charge in [-0.1, -0.05) is 6.07 Å². The van der Waals surface area contributed by atoms with E-state index in [1.807, 2.05) is 0 Å². The SMILES string of the molecule is O=C(O)c1cccc(-c2nnc(CC3CCCCO3)o2)c1. The third-order valence-electron chi connectivity index (χ3n) is 3.50. The first-order valence-corrected chi connectivity index (χ1v) is 7.00. The lowest BCUT2D eigenvalue weighted by Crippen LogP contribution is -2.21. The minimum Gasteiger partial charge on any atom is -0.478 e. The van der Waals surface area contributed by atoms with E-state index in [2.05, 4.69) is 10.2 Å². The number of benzene rings is 1. The van der Waals surface area contributed by atoms with Gasteiger partial charge in [-0.25, -0.2) is 4.79 Å². The minimum atomic E-state index is -0.979. The fourth-order valence-electron chi connectivity index (χ4n) is 2.40. The fourth-order valence-corrected chi connectivity index (χ4v) is 2.40. The van der Waals surface area contributed by atoms with Crippen molar-refractivity contribution in [2.75, 3.05) is 6.61 Å². The van der Waals surface area contributed by atoms with Crippen molar-refractivity contribution >= 4 is 5.97 Å². The maximum Gasteiger partial charge on any atom is 0.335 e. The highest BCUT2D eigenvalue weighted by atomic mass is 16.5. The van der Waals surface area contributed by atoms with Crippen LogP contribution in [0, 0.1) is 0 Å². The molecule has 1 aromatic heterocycles. The first-order valence-electron chi connectivity index (χ1n) is 7.00. The molecule has 0 spiro atoms. The maximum atomic E-state index is 11.0. The van der Waals surface area contributed by atoms with Crippen molar-refractivity contribution < 1.29 is 19.1 Å². The maximum absolute atomic E-state index is 11.0. The van der Waals surface area contributed by atoms with Crippen molar-refractivity contribution in [2.45, 2.75) is 31.8 Å². The Balaban J connectivity index is 1.75. The number of hydrogen-bond donors (Lipinski definition) is 1.